The number of aliphatic hydroxyl groups is 2. The lowest BCUT2D eigenvalue weighted by atomic mass is 9.81. The highest BCUT2D eigenvalue weighted by Crippen LogP contribution is 2.48. The van der Waals surface area contributed by atoms with Crippen LogP contribution < -0.4 is 5.32 Å². The van der Waals surface area contributed by atoms with Crippen LogP contribution in [0.25, 0.3) is 0 Å². The maximum Gasteiger partial charge on any atom is 0.0841 e. The summed E-state index contributed by atoms with van der Waals surface area (Å²) in [5, 5.41) is 24.1. The van der Waals surface area contributed by atoms with Crippen molar-refractivity contribution in [2.75, 3.05) is 19.7 Å². The lowest BCUT2D eigenvalue weighted by Gasteiger charge is -2.28. The van der Waals surface area contributed by atoms with Gasteiger partial charge in [-0.1, -0.05) is 60.7 Å². The SMILES string of the molecule is OCC(O)C(c1ccccc1)C1CCC(NC2C3CN(Cc4ccccc4)CC32)C1. The van der Waals surface area contributed by atoms with Crippen LogP contribution in [-0.4, -0.2) is 53.0 Å². The molecule has 0 spiro atoms. The van der Waals surface area contributed by atoms with Crippen molar-refractivity contribution in [2.24, 2.45) is 17.8 Å². The van der Waals surface area contributed by atoms with Gasteiger partial charge in [0.25, 0.3) is 0 Å². The van der Waals surface area contributed by atoms with Gasteiger partial charge < -0.3 is 15.5 Å². The van der Waals surface area contributed by atoms with E-state index in [2.05, 4.69) is 52.7 Å². The van der Waals surface area contributed by atoms with Gasteiger partial charge in [-0.2, -0.15) is 0 Å². The quantitative estimate of drug-likeness (QED) is 0.631. The number of hydrogen-bond acceptors (Lipinski definition) is 4. The molecule has 2 saturated carbocycles. The molecule has 3 aliphatic rings. The monoisotopic (exact) mass is 406 g/mol. The van der Waals surface area contributed by atoms with E-state index in [0.29, 0.717) is 18.0 Å². The minimum Gasteiger partial charge on any atom is -0.394 e. The number of hydrogen-bond donors (Lipinski definition) is 3. The molecule has 0 amide bonds. The summed E-state index contributed by atoms with van der Waals surface area (Å²) in [6, 6.07) is 22.3. The zero-order valence-electron chi connectivity index (χ0n) is 17.6. The molecule has 2 aromatic rings. The van der Waals surface area contributed by atoms with E-state index >= 15 is 0 Å². The molecule has 4 heteroatoms. The van der Waals surface area contributed by atoms with Gasteiger partial charge in [0.15, 0.2) is 0 Å². The fourth-order valence-corrected chi connectivity index (χ4v) is 6.20. The van der Waals surface area contributed by atoms with E-state index in [9.17, 15) is 10.2 Å². The Labute approximate surface area is 179 Å². The largest absolute Gasteiger partial charge is 0.394 e. The summed E-state index contributed by atoms with van der Waals surface area (Å²) in [7, 11) is 0. The van der Waals surface area contributed by atoms with E-state index in [0.717, 1.165) is 36.8 Å². The second-order valence-electron chi connectivity index (χ2n) is 9.66. The zero-order valence-corrected chi connectivity index (χ0v) is 17.6. The molecular formula is C26H34N2O2. The molecular weight excluding hydrogens is 372 g/mol. The molecule has 4 nitrogen and oxygen atoms in total. The van der Waals surface area contributed by atoms with Gasteiger partial charge in [-0.15, -0.1) is 0 Å². The summed E-state index contributed by atoms with van der Waals surface area (Å²) in [5.41, 5.74) is 2.57. The number of fused-ring (bicyclic) bond motifs is 1. The first-order valence-corrected chi connectivity index (χ1v) is 11.6. The normalized spacial score (nSPS) is 32.7. The van der Waals surface area contributed by atoms with Gasteiger partial charge in [-0.25, -0.2) is 0 Å². The average Bonchev–Trinajstić information content (AvgIpc) is 3.12. The Morgan fingerprint density at radius 2 is 1.60 bits per heavy atom. The maximum atomic E-state index is 10.5. The van der Waals surface area contributed by atoms with Crippen molar-refractivity contribution < 1.29 is 10.2 Å². The lowest BCUT2D eigenvalue weighted by molar-refractivity contribution is 0.0544. The number of likely N-dealkylation sites (tertiary alicyclic amines) is 1. The van der Waals surface area contributed by atoms with Crippen molar-refractivity contribution in [3.63, 3.8) is 0 Å². The Hall–Kier alpha value is -1.72. The van der Waals surface area contributed by atoms with E-state index in [-0.39, 0.29) is 12.5 Å². The summed E-state index contributed by atoms with van der Waals surface area (Å²) in [5.74, 6) is 2.07. The van der Waals surface area contributed by atoms with Crippen molar-refractivity contribution in [1.82, 2.24) is 10.2 Å². The molecule has 0 bridgehead atoms. The van der Waals surface area contributed by atoms with Crippen LogP contribution in [0.2, 0.25) is 0 Å². The Kier molecular flexibility index (Phi) is 5.92. The molecule has 1 aliphatic heterocycles. The number of benzene rings is 2. The van der Waals surface area contributed by atoms with Gasteiger partial charge in [-0.05, 0) is 48.1 Å². The Morgan fingerprint density at radius 1 is 0.933 bits per heavy atom. The molecule has 1 saturated heterocycles. The highest BCUT2D eigenvalue weighted by molar-refractivity contribution is 5.23. The van der Waals surface area contributed by atoms with Crippen LogP contribution in [0.15, 0.2) is 60.7 Å². The third kappa shape index (κ3) is 4.19. The lowest BCUT2D eigenvalue weighted by Crippen LogP contribution is -2.36. The Balaban J connectivity index is 1.13. The molecule has 0 radical (unpaired) electrons. The van der Waals surface area contributed by atoms with E-state index in [4.69, 9.17) is 0 Å². The summed E-state index contributed by atoms with van der Waals surface area (Å²) in [4.78, 5) is 2.60. The summed E-state index contributed by atoms with van der Waals surface area (Å²) in [6.45, 7) is 3.33. The summed E-state index contributed by atoms with van der Waals surface area (Å²) >= 11 is 0. The molecule has 6 atom stereocenters. The third-order valence-electron chi connectivity index (χ3n) is 7.71. The minimum atomic E-state index is -0.678. The van der Waals surface area contributed by atoms with Gasteiger partial charge in [0, 0.05) is 37.6 Å². The predicted molar refractivity (Wildman–Crippen MR) is 119 cm³/mol. The van der Waals surface area contributed by atoms with Crippen LogP contribution in [0.5, 0.6) is 0 Å². The summed E-state index contributed by atoms with van der Waals surface area (Å²) in [6.07, 6.45) is 2.72. The molecule has 2 aromatic carbocycles. The minimum absolute atomic E-state index is 0.0306. The molecule has 30 heavy (non-hydrogen) atoms. The Morgan fingerprint density at radius 3 is 2.27 bits per heavy atom. The Bertz CT molecular complexity index is 802. The molecule has 6 unspecified atom stereocenters. The first-order chi connectivity index (χ1) is 14.7. The van der Waals surface area contributed by atoms with Gasteiger partial charge in [0.05, 0.1) is 12.7 Å². The number of nitrogens with zero attached hydrogens (tertiary/aromatic N) is 1. The second kappa shape index (κ2) is 8.80. The first-order valence-electron chi connectivity index (χ1n) is 11.6. The van der Waals surface area contributed by atoms with Crippen molar-refractivity contribution >= 4 is 0 Å². The molecule has 160 valence electrons. The van der Waals surface area contributed by atoms with E-state index in [1.54, 1.807) is 0 Å². The van der Waals surface area contributed by atoms with E-state index < -0.39 is 6.10 Å². The molecule has 2 aliphatic carbocycles. The van der Waals surface area contributed by atoms with E-state index in [1.165, 1.54) is 25.1 Å². The topological polar surface area (TPSA) is 55.7 Å². The van der Waals surface area contributed by atoms with Gasteiger partial charge in [0.1, 0.15) is 0 Å². The first kappa shape index (κ1) is 20.2. The van der Waals surface area contributed by atoms with Crippen LogP contribution in [0.3, 0.4) is 0 Å². The van der Waals surface area contributed by atoms with Gasteiger partial charge in [0.2, 0.25) is 0 Å². The highest BCUT2D eigenvalue weighted by Gasteiger charge is 2.56. The third-order valence-corrected chi connectivity index (χ3v) is 7.71. The van der Waals surface area contributed by atoms with Crippen molar-refractivity contribution in [3.05, 3.63) is 71.8 Å². The molecule has 3 N–H and O–H groups in total. The average molecular weight is 407 g/mol. The fraction of sp³-hybridized carbons (Fsp3) is 0.538. The van der Waals surface area contributed by atoms with Crippen LogP contribution >= 0.6 is 0 Å². The number of piperidine rings is 1. The van der Waals surface area contributed by atoms with Crippen LogP contribution in [-0.2, 0) is 6.54 Å². The van der Waals surface area contributed by atoms with Crippen LogP contribution in [0, 0.1) is 17.8 Å². The predicted octanol–water partition coefficient (Wildman–Crippen LogP) is 3.01. The number of nitrogens with one attached hydrogen (secondary N) is 1. The highest BCUT2D eigenvalue weighted by atomic mass is 16.3. The standard InChI is InChI=1S/C26H34N2O2/c29-17-24(30)25(19-9-5-2-6-10-19)20-11-12-21(13-20)27-26-22-15-28(16-23(22)26)14-18-7-3-1-4-8-18/h1-10,20-27,29-30H,11-17H2. The smallest absolute Gasteiger partial charge is 0.0841 e. The second-order valence-corrected chi connectivity index (χ2v) is 9.66. The molecule has 1 heterocycles. The van der Waals surface area contributed by atoms with Crippen LogP contribution in [0.1, 0.15) is 36.3 Å². The number of aliphatic hydroxyl groups excluding tert-OH is 2. The van der Waals surface area contributed by atoms with Gasteiger partial charge >= 0.3 is 0 Å². The van der Waals surface area contributed by atoms with Crippen molar-refractivity contribution in [3.8, 4) is 0 Å². The van der Waals surface area contributed by atoms with Crippen molar-refractivity contribution in [1.29, 1.82) is 0 Å². The van der Waals surface area contributed by atoms with Crippen LogP contribution in [0.4, 0.5) is 0 Å². The van der Waals surface area contributed by atoms with Crippen molar-refractivity contribution in [2.45, 2.75) is 49.9 Å². The maximum absolute atomic E-state index is 10.5. The number of rotatable bonds is 8. The fourth-order valence-electron chi connectivity index (χ4n) is 6.20. The molecule has 5 rings (SSSR count). The zero-order chi connectivity index (χ0) is 20.5. The summed E-state index contributed by atoms with van der Waals surface area (Å²) < 4.78 is 0. The molecule has 0 aromatic heterocycles. The molecule has 3 fully saturated rings. The van der Waals surface area contributed by atoms with Gasteiger partial charge in [-0.3, -0.25) is 4.90 Å². The van der Waals surface area contributed by atoms with E-state index in [1.807, 2.05) is 18.2 Å².